The fraction of sp³-hybridized carbons (Fsp3) is 0.231. The zero-order valence-corrected chi connectivity index (χ0v) is 11.2. The second-order valence-electron chi connectivity index (χ2n) is 4.19. The van der Waals surface area contributed by atoms with Crippen molar-refractivity contribution in [1.82, 2.24) is 9.88 Å². The van der Waals surface area contributed by atoms with E-state index in [-0.39, 0.29) is 5.69 Å². The molecule has 0 spiro atoms. The minimum atomic E-state index is -0.447. The number of halogens is 1. The van der Waals surface area contributed by atoms with Gasteiger partial charge in [0.1, 0.15) is 0 Å². The Morgan fingerprint density at radius 1 is 1.42 bits per heavy atom. The Morgan fingerprint density at radius 2 is 2.21 bits per heavy atom. The van der Waals surface area contributed by atoms with Crippen LogP contribution in [-0.4, -0.2) is 16.5 Å². The number of nitrogens with zero attached hydrogens (tertiary/aromatic N) is 2. The highest BCUT2D eigenvalue weighted by atomic mass is 35.5. The van der Waals surface area contributed by atoms with Crippen LogP contribution in [0.1, 0.15) is 11.3 Å². The van der Waals surface area contributed by atoms with Gasteiger partial charge in [0.05, 0.1) is 9.95 Å². The molecule has 100 valence electrons. The molecular weight excluding hydrogens is 266 g/mol. The quantitative estimate of drug-likeness (QED) is 0.676. The monoisotopic (exact) mass is 279 g/mol. The van der Waals surface area contributed by atoms with Crippen LogP contribution in [0.2, 0.25) is 5.02 Å². The summed E-state index contributed by atoms with van der Waals surface area (Å²) >= 11 is 6.09. The zero-order valence-electron chi connectivity index (χ0n) is 10.5. The summed E-state index contributed by atoms with van der Waals surface area (Å²) in [5, 5.41) is 14.2. The van der Waals surface area contributed by atoms with E-state index in [0.29, 0.717) is 11.6 Å². The third-order valence-corrected chi connectivity index (χ3v) is 3.22. The smallest absolute Gasteiger partial charge is 0.270 e. The average molecular weight is 280 g/mol. The van der Waals surface area contributed by atoms with Gasteiger partial charge in [-0.1, -0.05) is 11.6 Å². The molecule has 2 aromatic rings. The molecule has 5 nitrogen and oxygen atoms in total. The van der Waals surface area contributed by atoms with Gasteiger partial charge < -0.3 is 9.88 Å². The second-order valence-corrected chi connectivity index (χ2v) is 4.60. The van der Waals surface area contributed by atoms with E-state index >= 15 is 0 Å². The summed E-state index contributed by atoms with van der Waals surface area (Å²) in [6.45, 7) is 1.36. The number of nitrogens with one attached hydrogen (secondary N) is 1. The molecule has 0 atom stereocenters. The van der Waals surface area contributed by atoms with Crippen molar-refractivity contribution in [3.8, 4) is 0 Å². The SMILES string of the molecule is CNCc1cccn1Cc1ccc([N+](=O)[O-])cc1Cl. The van der Waals surface area contributed by atoms with Crippen molar-refractivity contribution >= 4 is 17.3 Å². The molecule has 0 unspecified atom stereocenters. The normalized spacial score (nSPS) is 10.6. The van der Waals surface area contributed by atoms with Gasteiger partial charge >= 0.3 is 0 Å². The number of nitro groups is 1. The minimum Gasteiger partial charge on any atom is -0.346 e. The van der Waals surface area contributed by atoms with Gasteiger partial charge in [-0.3, -0.25) is 10.1 Å². The largest absolute Gasteiger partial charge is 0.346 e. The predicted octanol–water partition coefficient (Wildman–Crippen LogP) is 2.82. The zero-order chi connectivity index (χ0) is 13.8. The lowest BCUT2D eigenvalue weighted by molar-refractivity contribution is -0.384. The number of hydrogen-bond acceptors (Lipinski definition) is 3. The topological polar surface area (TPSA) is 60.1 Å². The van der Waals surface area contributed by atoms with Crippen LogP contribution in [0.15, 0.2) is 36.5 Å². The van der Waals surface area contributed by atoms with Crippen molar-refractivity contribution in [3.63, 3.8) is 0 Å². The lowest BCUT2D eigenvalue weighted by Crippen LogP contribution is -2.11. The Hall–Kier alpha value is -1.85. The highest BCUT2D eigenvalue weighted by molar-refractivity contribution is 6.31. The molecule has 6 heteroatoms. The first kappa shape index (κ1) is 13.6. The molecule has 1 N–H and O–H groups in total. The van der Waals surface area contributed by atoms with Gasteiger partial charge in [-0.25, -0.2) is 0 Å². The van der Waals surface area contributed by atoms with Crippen LogP contribution >= 0.6 is 11.6 Å². The van der Waals surface area contributed by atoms with Crippen molar-refractivity contribution in [3.05, 3.63) is 62.9 Å². The van der Waals surface area contributed by atoms with Crippen LogP contribution in [0, 0.1) is 10.1 Å². The molecule has 0 bridgehead atoms. The van der Waals surface area contributed by atoms with E-state index in [1.165, 1.54) is 12.1 Å². The summed E-state index contributed by atoms with van der Waals surface area (Å²) in [6, 6.07) is 8.55. The van der Waals surface area contributed by atoms with Crippen molar-refractivity contribution in [2.45, 2.75) is 13.1 Å². The number of rotatable bonds is 5. The standard InChI is InChI=1S/C13H14ClN3O2/c1-15-8-12-3-2-6-16(12)9-10-4-5-11(17(18)19)7-13(10)14/h2-7,15H,8-9H2,1H3. The lowest BCUT2D eigenvalue weighted by atomic mass is 10.2. The molecule has 0 amide bonds. The number of aromatic nitrogens is 1. The van der Waals surface area contributed by atoms with E-state index in [1.54, 1.807) is 6.07 Å². The van der Waals surface area contributed by atoms with Crippen molar-refractivity contribution in [2.24, 2.45) is 0 Å². The van der Waals surface area contributed by atoms with Crippen LogP contribution in [0.5, 0.6) is 0 Å². The maximum Gasteiger partial charge on any atom is 0.270 e. The molecule has 1 aromatic heterocycles. The molecule has 0 radical (unpaired) electrons. The van der Waals surface area contributed by atoms with E-state index in [4.69, 9.17) is 11.6 Å². The molecule has 19 heavy (non-hydrogen) atoms. The summed E-state index contributed by atoms with van der Waals surface area (Å²) in [6.07, 6.45) is 1.96. The Bertz CT molecular complexity index is 595. The average Bonchev–Trinajstić information content (AvgIpc) is 2.79. The van der Waals surface area contributed by atoms with Gasteiger partial charge in [0.25, 0.3) is 5.69 Å². The first-order chi connectivity index (χ1) is 9.11. The molecule has 0 aliphatic carbocycles. The van der Waals surface area contributed by atoms with Gasteiger partial charge in [0, 0.05) is 37.1 Å². The molecule has 1 aromatic carbocycles. The number of nitro benzene ring substituents is 1. The van der Waals surface area contributed by atoms with E-state index in [0.717, 1.165) is 17.8 Å². The molecule has 1 heterocycles. The lowest BCUT2D eigenvalue weighted by Gasteiger charge is -2.10. The van der Waals surface area contributed by atoms with Crippen LogP contribution in [-0.2, 0) is 13.1 Å². The predicted molar refractivity (Wildman–Crippen MR) is 74.4 cm³/mol. The molecule has 2 rings (SSSR count). The van der Waals surface area contributed by atoms with Gasteiger partial charge in [-0.15, -0.1) is 0 Å². The van der Waals surface area contributed by atoms with Gasteiger partial charge in [0.15, 0.2) is 0 Å². The summed E-state index contributed by atoms with van der Waals surface area (Å²) in [4.78, 5) is 10.2. The Balaban J connectivity index is 2.23. The van der Waals surface area contributed by atoms with Gasteiger partial charge in [-0.2, -0.15) is 0 Å². The molecule has 0 aliphatic rings. The molecule has 0 saturated carbocycles. The van der Waals surface area contributed by atoms with Crippen molar-refractivity contribution in [1.29, 1.82) is 0 Å². The van der Waals surface area contributed by atoms with Crippen molar-refractivity contribution in [2.75, 3.05) is 7.05 Å². The fourth-order valence-corrected chi connectivity index (χ4v) is 2.14. The third kappa shape index (κ3) is 3.13. The summed E-state index contributed by atoms with van der Waals surface area (Å²) in [7, 11) is 1.89. The summed E-state index contributed by atoms with van der Waals surface area (Å²) in [5.74, 6) is 0. The highest BCUT2D eigenvalue weighted by Gasteiger charge is 2.10. The minimum absolute atomic E-state index is 0.0108. The summed E-state index contributed by atoms with van der Waals surface area (Å²) < 4.78 is 2.06. The second kappa shape index (κ2) is 5.86. The molecule has 0 saturated heterocycles. The summed E-state index contributed by atoms with van der Waals surface area (Å²) in [5.41, 5.74) is 2.01. The molecule has 0 aliphatic heterocycles. The Kier molecular flexibility index (Phi) is 4.19. The van der Waals surface area contributed by atoms with Crippen LogP contribution in [0.4, 0.5) is 5.69 Å². The first-order valence-corrected chi connectivity index (χ1v) is 6.21. The van der Waals surface area contributed by atoms with E-state index in [9.17, 15) is 10.1 Å². The van der Waals surface area contributed by atoms with Crippen LogP contribution in [0.3, 0.4) is 0 Å². The van der Waals surface area contributed by atoms with E-state index in [2.05, 4.69) is 9.88 Å². The maximum absolute atomic E-state index is 10.7. The third-order valence-electron chi connectivity index (χ3n) is 2.87. The highest BCUT2D eigenvalue weighted by Crippen LogP contribution is 2.23. The molecular formula is C13H14ClN3O2. The van der Waals surface area contributed by atoms with Crippen LogP contribution in [0.25, 0.3) is 0 Å². The first-order valence-electron chi connectivity index (χ1n) is 5.83. The maximum atomic E-state index is 10.7. The number of hydrogen-bond donors (Lipinski definition) is 1. The Morgan fingerprint density at radius 3 is 2.84 bits per heavy atom. The molecule has 0 fully saturated rings. The van der Waals surface area contributed by atoms with Crippen LogP contribution < -0.4 is 5.32 Å². The van der Waals surface area contributed by atoms with Gasteiger partial charge in [-0.05, 0) is 30.8 Å². The van der Waals surface area contributed by atoms with E-state index in [1.807, 2.05) is 25.4 Å². The Labute approximate surface area is 116 Å². The van der Waals surface area contributed by atoms with Gasteiger partial charge in [0.2, 0.25) is 0 Å². The van der Waals surface area contributed by atoms with Crippen molar-refractivity contribution < 1.29 is 4.92 Å². The fourth-order valence-electron chi connectivity index (χ4n) is 1.91. The number of benzene rings is 1. The van der Waals surface area contributed by atoms with E-state index < -0.39 is 4.92 Å². The number of non-ortho nitro benzene ring substituents is 1.